The van der Waals surface area contributed by atoms with E-state index in [0.717, 1.165) is 31.9 Å². The molecule has 3 heterocycles. The van der Waals surface area contributed by atoms with Crippen LogP contribution in [0.25, 0.3) is 0 Å². The Balaban J connectivity index is 1.52. The van der Waals surface area contributed by atoms with Gasteiger partial charge in [0.25, 0.3) is 0 Å². The maximum atomic E-state index is 12.2. The Morgan fingerprint density at radius 3 is 2.52 bits per heavy atom. The summed E-state index contributed by atoms with van der Waals surface area (Å²) < 4.78 is 27.0. The molecule has 0 spiro atoms. The molecule has 7 nitrogen and oxygen atoms in total. The minimum atomic E-state index is -3.48. The third-order valence-corrected chi connectivity index (χ3v) is 5.37. The molecule has 0 aromatic carbocycles. The van der Waals surface area contributed by atoms with Crippen molar-refractivity contribution in [2.24, 2.45) is 5.92 Å². The van der Waals surface area contributed by atoms with Gasteiger partial charge in [-0.2, -0.15) is 0 Å². The van der Waals surface area contributed by atoms with E-state index in [1.165, 1.54) is 6.20 Å². The highest BCUT2D eigenvalue weighted by Crippen LogP contribution is 2.20. The number of hydrogen-bond acceptors (Lipinski definition) is 6. The van der Waals surface area contributed by atoms with Gasteiger partial charge in [-0.05, 0) is 37.0 Å². The van der Waals surface area contributed by atoms with Gasteiger partial charge in [0.1, 0.15) is 4.90 Å². The fourth-order valence-corrected chi connectivity index (χ4v) is 3.69. The van der Waals surface area contributed by atoms with E-state index in [0.29, 0.717) is 12.5 Å². The van der Waals surface area contributed by atoms with Crippen LogP contribution in [0.2, 0.25) is 0 Å². The predicted molar refractivity (Wildman–Crippen MR) is 86.4 cm³/mol. The summed E-state index contributed by atoms with van der Waals surface area (Å²) in [4.78, 5) is 14.7. The molecular formula is C15H19N5O2S. The zero-order chi connectivity index (χ0) is 16.1. The minimum Gasteiger partial charge on any atom is -0.341 e. The third-order valence-electron chi connectivity index (χ3n) is 3.96. The Morgan fingerprint density at radius 2 is 1.87 bits per heavy atom. The van der Waals surface area contributed by atoms with Gasteiger partial charge in [0.15, 0.2) is 0 Å². The van der Waals surface area contributed by atoms with E-state index < -0.39 is 10.0 Å². The van der Waals surface area contributed by atoms with Crippen LogP contribution in [0.4, 0.5) is 5.95 Å². The van der Waals surface area contributed by atoms with Gasteiger partial charge in [-0.3, -0.25) is 4.98 Å². The Bertz CT molecular complexity index is 716. The Labute approximate surface area is 135 Å². The monoisotopic (exact) mass is 333 g/mol. The molecule has 1 aliphatic heterocycles. The number of pyridine rings is 1. The summed E-state index contributed by atoms with van der Waals surface area (Å²) in [6.45, 7) is 2.12. The first-order valence-corrected chi connectivity index (χ1v) is 9.05. The van der Waals surface area contributed by atoms with Crippen molar-refractivity contribution in [1.29, 1.82) is 0 Å². The van der Waals surface area contributed by atoms with Crippen molar-refractivity contribution in [3.63, 3.8) is 0 Å². The molecule has 8 heteroatoms. The lowest BCUT2D eigenvalue weighted by atomic mass is 9.97. The molecule has 0 radical (unpaired) electrons. The molecule has 0 atom stereocenters. The summed E-state index contributed by atoms with van der Waals surface area (Å²) in [5, 5.41) is 0. The fourth-order valence-electron chi connectivity index (χ4n) is 2.61. The SMILES string of the molecule is O=S(=O)(NCC1CCN(c2ncccn2)CC1)c1cccnc1. The summed E-state index contributed by atoms with van der Waals surface area (Å²) in [6, 6.07) is 4.96. The molecule has 1 fully saturated rings. The molecule has 0 bridgehead atoms. The second-order valence-corrected chi connectivity index (χ2v) is 7.29. The second-order valence-electron chi connectivity index (χ2n) is 5.52. The molecule has 1 saturated heterocycles. The Morgan fingerprint density at radius 1 is 1.13 bits per heavy atom. The highest BCUT2D eigenvalue weighted by molar-refractivity contribution is 7.89. The molecule has 0 saturated carbocycles. The van der Waals surface area contributed by atoms with Gasteiger partial charge >= 0.3 is 0 Å². The lowest BCUT2D eigenvalue weighted by Crippen LogP contribution is -2.39. The smallest absolute Gasteiger partial charge is 0.242 e. The van der Waals surface area contributed by atoms with Crippen LogP contribution in [0, 0.1) is 5.92 Å². The summed E-state index contributed by atoms with van der Waals surface area (Å²) in [7, 11) is -3.48. The van der Waals surface area contributed by atoms with Gasteiger partial charge in [0.2, 0.25) is 16.0 Å². The summed E-state index contributed by atoms with van der Waals surface area (Å²) >= 11 is 0. The highest BCUT2D eigenvalue weighted by Gasteiger charge is 2.23. The van der Waals surface area contributed by atoms with E-state index in [4.69, 9.17) is 0 Å². The summed E-state index contributed by atoms with van der Waals surface area (Å²) in [5.74, 6) is 1.06. The largest absolute Gasteiger partial charge is 0.341 e. The Hall–Kier alpha value is -2.06. The van der Waals surface area contributed by atoms with Crippen molar-refractivity contribution < 1.29 is 8.42 Å². The average molecular weight is 333 g/mol. The lowest BCUT2D eigenvalue weighted by molar-refractivity contribution is 0.399. The molecule has 0 amide bonds. The number of sulfonamides is 1. The minimum absolute atomic E-state index is 0.204. The fraction of sp³-hybridized carbons (Fsp3) is 0.400. The topological polar surface area (TPSA) is 88.1 Å². The van der Waals surface area contributed by atoms with Crippen molar-refractivity contribution in [3.05, 3.63) is 43.0 Å². The lowest BCUT2D eigenvalue weighted by Gasteiger charge is -2.31. The number of nitrogens with one attached hydrogen (secondary N) is 1. The maximum absolute atomic E-state index is 12.2. The predicted octanol–water partition coefficient (Wildman–Crippen LogP) is 1.07. The van der Waals surface area contributed by atoms with Crippen LogP contribution in [0.1, 0.15) is 12.8 Å². The molecule has 0 unspecified atom stereocenters. The molecule has 0 aliphatic carbocycles. The number of hydrogen-bond donors (Lipinski definition) is 1. The van der Waals surface area contributed by atoms with Gasteiger partial charge in [-0.1, -0.05) is 0 Å². The molecule has 122 valence electrons. The van der Waals surface area contributed by atoms with E-state index >= 15 is 0 Å². The maximum Gasteiger partial charge on any atom is 0.242 e. The Kier molecular flexibility index (Phi) is 4.82. The normalized spacial score (nSPS) is 16.4. The van der Waals surface area contributed by atoms with E-state index in [-0.39, 0.29) is 4.90 Å². The van der Waals surface area contributed by atoms with Crippen LogP contribution in [0.15, 0.2) is 47.9 Å². The molecule has 23 heavy (non-hydrogen) atoms. The number of piperidine rings is 1. The number of nitrogens with zero attached hydrogens (tertiary/aromatic N) is 4. The van der Waals surface area contributed by atoms with Crippen molar-refractivity contribution in [3.8, 4) is 0 Å². The van der Waals surface area contributed by atoms with Crippen LogP contribution < -0.4 is 9.62 Å². The first-order chi connectivity index (χ1) is 11.1. The number of rotatable bonds is 5. The van der Waals surface area contributed by atoms with Gasteiger partial charge in [-0.25, -0.2) is 23.1 Å². The highest BCUT2D eigenvalue weighted by atomic mass is 32.2. The van der Waals surface area contributed by atoms with Crippen molar-refractivity contribution >= 4 is 16.0 Å². The van der Waals surface area contributed by atoms with Crippen molar-refractivity contribution in [1.82, 2.24) is 19.7 Å². The molecule has 2 aromatic heterocycles. The van der Waals surface area contributed by atoms with Crippen molar-refractivity contribution in [2.75, 3.05) is 24.5 Å². The molecule has 2 aromatic rings. The summed E-state index contributed by atoms with van der Waals surface area (Å²) in [5.41, 5.74) is 0. The third kappa shape index (κ3) is 4.02. The van der Waals surface area contributed by atoms with Crippen LogP contribution in [0.3, 0.4) is 0 Å². The standard InChI is InChI=1S/C15H19N5O2S/c21-23(22,14-3-1-6-16-12-14)19-11-13-4-9-20(10-5-13)15-17-7-2-8-18-15/h1-3,6-8,12-13,19H,4-5,9-11H2. The first kappa shape index (κ1) is 15.8. The number of aromatic nitrogens is 3. The van der Waals surface area contributed by atoms with Crippen LogP contribution in [0.5, 0.6) is 0 Å². The average Bonchev–Trinajstić information content (AvgIpc) is 2.62. The second kappa shape index (κ2) is 7.01. The van der Waals surface area contributed by atoms with Gasteiger partial charge in [0.05, 0.1) is 0 Å². The van der Waals surface area contributed by atoms with E-state index in [2.05, 4.69) is 24.6 Å². The van der Waals surface area contributed by atoms with Gasteiger partial charge < -0.3 is 4.90 Å². The van der Waals surface area contributed by atoms with E-state index in [1.54, 1.807) is 36.8 Å². The summed E-state index contributed by atoms with van der Waals surface area (Å²) in [6.07, 6.45) is 8.20. The van der Waals surface area contributed by atoms with E-state index in [9.17, 15) is 8.42 Å². The first-order valence-electron chi connectivity index (χ1n) is 7.57. The molecule has 1 N–H and O–H groups in total. The van der Waals surface area contributed by atoms with Crippen LogP contribution in [-0.4, -0.2) is 43.0 Å². The van der Waals surface area contributed by atoms with Crippen molar-refractivity contribution in [2.45, 2.75) is 17.7 Å². The molecular weight excluding hydrogens is 314 g/mol. The van der Waals surface area contributed by atoms with Gasteiger partial charge in [-0.15, -0.1) is 0 Å². The zero-order valence-corrected chi connectivity index (χ0v) is 13.5. The van der Waals surface area contributed by atoms with Gasteiger partial charge in [0, 0.05) is 44.4 Å². The van der Waals surface area contributed by atoms with Crippen LogP contribution >= 0.6 is 0 Å². The van der Waals surface area contributed by atoms with Crippen LogP contribution in [-0.2, 0) is 10.0 Å². The number of anilines is 1. The molecule has 1 aliphatic rings. The van der Waals surface area contributed by atoms with E-state index in [1.807, 2.05) is 0 Å². The quantitative estimate of drug-likeness (QED) is 0.880. The molecule has 3 rings (SSSR count). The zero-order valence-electron chi connectivity index (χ0n) is 12.7.